The van der Waals surface area contributed by atoms with Gasteiger partial charge in [0.25, 0.3) is 5.91 Å². The van der Waals surface area contributed by atoms with Crippen molar-refractivity contribution in [1.82, 2.24) is 10.3 Å². The number of carbonyl (C=O) groups excluding carboxylic acids is 2. The molecule has 132 valence electrons. The van der Waals surface area contributed by atoms with Gasteiger partial charge in [0, 0.05) is 22.6 Å². The van der Waals surface area contributed by atoms with Gasteiger partial charge < -0.3 is 5.32 Å². The van der Waals surface area contributed by atoms with Crippen LogP contribution in [0.1, 0.15) is 39.8 Å². The van der Waals surface area contributed by atoms with E-state index in [1.165, 1.54) is 11.3 Å². The summed E-state index contributed by atoms with van der Waals surface area (Å²) in [4.78, 5) is 29.2. The Morgan fingerprint density at radius 2 is 1.88 bits per heavy atom. The summed E-state index contributed by atoms with van der Waals surface area (Å²) < 4.78 is 0. The smallest absolute Gasteiger partial charge is 0.257 e. The van der Waals surface area contributed by atoms with Crippen LogP contribution in [0.5, 0.6) is 0 Å². The van der Waals surface area contributed by atoms with Crippen molar-refractivity contribution >= 4 is 28.3 Å². The van der Waals surface area contributed by atoms with E-state index in [1.54, 1.807) is 19.1 Å². The maximum Gasteiger partial charge on any atom is 0.257 e. The molecule has 6 heteroatoms. The highest BCUT2D eigenvalue weighted by atomic mass is 32.1. The minimum absolute atomic E-state index is 0.118. The fraction of sp³-hybridized carbons (Fsp3) is 0.316. The Labute approximate surface area is 152 Å². The van der Waals surface area contributed by atoms with Gasteiger partial charge in [-0.3, -0.25) is 14.9 Å². The second-order valence-electron chi connectivity index (χ2n) is 5.99. The lowest BCUT2D eigenvalue weighted by molar-refractivity contribution is -0.117. The van der Waals surface area contributed by atoms with Gasteiger partial charge in [0.15, 0.2) is 5.13 Å². The van der Waals surface area contributed by atoms with Gasteiger partial charge in [-0.2, -0.15) is 0 Å². The van der Waals surface area contributed by atoms with E-state index < -0.39 is 0 Å². The standard InChI is InChI=1S/C19H23N3O2S/c1-12(2)17(23)20-11-5-6-16-14(4)21-19(25-16)22-18(24)15-9-7-13(3)8-10-15/h7-10H,1,5-6,11H2,2-4H3,(H,20,23)(H,21,22,24). The summed E-state index contributed by atoms with van der Waals surface area (Å²) in [5, 5.41) is 6.26. The monoisotopic (exact) mass is 357 g/mol. The van der Waals surface area contributed by atoms with Gasteiger partial charge in [-0.15, -0.1) is 11.3 Å². The number of aromatic nitrogens is 1. The van der Waals surface area contributed by atoms with E-state index in [0.717, 1.165) is 29.0 Å². The largest absolute Gasteiger partial charge is 0.352 e. The molecule has 0 spiro atoms. The zero-order valence-electron chi connectivity index (χ0n) is 14.8. The maximum atomic E-state index is 12.2. The first-order valence-corrected chi connectivity index (χ1v) is 8.96. The van der Waals surface area contributed by atoms with Gasteiger partial charge in [-0.05, 0) is 45.7 Å². The molecular weight excluding hydrogens is 334 g/mol. The minimum atomic E-state index is -0.158. The molecule has 2 rings (SSSR count). The molecule has 1 heterocycles. The molecule has 0 fully saturated rings. The van der Waals surface area contributed by atoms with Crippen LogP contribution in [-0.4, -0.2) is 23.3 Å². The van der Waals surface area contributed by atoms with Crippen molar-refractivity contribution < 1.29 is 9.59 Å². The van der Waals surface area contributed by atoms with Crippen molar-refractivity contribution in [1.29, 1.82) is 0 Å². The van der Waals surface area contributed by atoms with Crippen LogP contribution in [0.3, 0.4) is 0 Å². The van der Waals surface area contributed by atoms with E-state index in [9.17, 15) is 9.59 Å². The van der Waals surface area contributed by atoms with E-state index in [4.69, 9.17) is 0 Å². The van der Waals surface area contributed by atoms with Crippen molar-refractivity contribution in [2.24, 2.45) is 0 Å². The summed E-state index contributed by atoms with van der Waals surface area (Å²) in [6.45, 7) is 9.80. The number of nitrogens with zero attached hydrogens (tertiary/aromatic N) is 1. The lowest BCUT2D eigenvalue weighted by Crippen LogP contribution is -2.24. The van der Waals surface area contributed by atoms with Gasteiger partial charge in [0.05, 0.1) is 5.69 Å². The molecule has 5 nitrogen and oxygen atoms in total. The zero-order valence-corrected chi connectivity index (χ0v) is 15.6. The number of thiazole rings is 1. The Hall–Kier alpha value is -2.47. The summed E-state index contributed by atoms with van der Waals surface area (Å²) in [6.07, 6.45) is 1.62. The molecule has 0 aliphatic carbocycles. The first-order chi connectivity index (χ1) is 11.9. The SMILES string of the molecule is C=C(C)C(=O)NCCCc1sc(NC(=O)c2ccc(C)cc2)nc1C. The number of benzene rings is 1. The predicted octanol–water partition coefficient (Wildman–Crippen LogP) is 3.64. The maximum absolute atomic E-state index is 12.2. The lowest BCUT2D eigenvalue weighted by atomic mass is 10.1. The number of hydrogen-bond donors (Lipinski definition) is 2. The van der Waals surface area contributed by atoms with E-state index in [0.29, 0.717) is 22.8 Å². The fourth-order valence-corrected chi connectivity index (χ4v) is 3.19. The van der Waals surface area contributed by atoms with Crippen LogP contribution in [0, 0.1) is 13.8 Å². The third kappa shape index (κ3) is 5.53. The third-order valence-electron chi connectivity index (χ3n) is 3.68. The summed E-state index contributed by atoms with van der Waals surface area (Å²) in [7, 11) is 0. The fourth-order valence-electron chi connectivity index (χ4n) is 2.19. The van der Waals surface area contributed by atoms with Crippen LogP contribution in [0.4, 0.5) is 5.13 Å². The number of nitrogens with one attached hydrogen (secondary N) is 2. The quantitative estimate of drug-likeness (QED) is 0.587. The second-order valence-corrected chi connectivity index (χ2v) is 7.07. The Bertz CT molecular complexity index is 778. The van der Waals surface area contributed by atoms with Crippen LogP contribution < -0.4 is 10.6 Å². The zero-order chi connectivity index (χ0) is 18.4. The number of carbonyl (C=O) groups is 2. The van der Waals surface area contributed by atoms with Crippen molar-refractivity contribution in [3.05, 3.63) is 58.1 Å². The average Bonchev–Trinajstić information content (AvgIpc) is 2.91. The molecule has 0 radical (unpaired) electrons. The Morgan fingerprint density at radius 1 is 1.20 bits per heavy atom. The van der Waals surface area contributed by atoms with E-state index in [1.807, 2.05) is 26.0 Å². The summed E-state index contributed by atoms with van der Waals surface area (Å²) in [6, 6.07) is 7.42. The first-order valence-electron chi connectivity index (χ1n) is 8.15. The predicted molar refractivity (Wildman–Crippen MR) is 102 cm³/mol. The molecular formula is C19H23N3O2S. The summed E-state index contributed by atoms with van der Waals surface area (Å²) in [5.74, 6) is -0.277. The molecule has 2 N–H and O–H groups in total. The minimum Gasteiger partial charge on any atom is -0.352 e. The molecule has 0 saturated carbocycles. The third-order valence-corrected chi connectivity index (χ3v) is 4.81. The molecule has 0 saturated heterocycles. The van der Waals surface area contributed by atoms with Crippen molar-refractivity contribution in [3.8, 4) is 0 Å². The Kier molecular flexibility index (Phi) is 6.47. The normalized spacial score (nSPS) is 10.4. The van der Waals surface area contributed by atoms with Gasteiger partial charge in [-0.1, -0.05) is 24.3 Å². The van der Waals surface area contributed by atoms with E-state index in [2.05, 4.69) is 22.2 Å². The highest BCUT2D eigenvalue weighted by Gasteiger charge is 2.12. The molecule has 1 aromatic heterocycles. The molecule has 1 aromatic carbocycles. The Balaban J connectivity index is 1.88. The second kappa shape index (κ2) is 8.58. The van der Waals surface area contributed by atoms with E-state index in [-0.39, 0.29) is 11.8 Å². The molecule has 0 atom stereocenters. The van der Waals surface area contributed by atoms with Gasteiger partial charge in [-0.25, -0.2) is 4.98 Å². The Morgan fingerprint density at radius 3 is 2.52 bits per heavy atom. The first kappa shape index (κ1) is 18.9. The highest BCUT2D eigenvalue weighted by Crippen LogP contribution is 2.24. The number of aryl methyl sites for hydroxylation is 3. The molecule has 0 unspecified atom stereocenters. The number of amides is 2. The van der Waals surface area contributed by atoms with Crippen LogP contribution in [-0.2, 0) is 11.2 Å². The number of hydrogen-bond acceptors (Lipinski definition) is 4. The molecule has 2 amide bonds. The van der Waals surface area contributed by atoms with Crippen LogP contribution in [0.15, 0.2) is 36.4 Å². The van der Waals surface area contributed by atoms with Crippen LogP contribution in [0.2, 0.25) is 0 Å². The topological polar surface area (TPSA) is 71.1 Å². The molecule has 0 aliphatic heterocycles. The van der Waals surface area contributed by atoms with Crippen LogP contribution in [0.25, 0.3) is 0 Å². The van der Waals surface area contributed by atoms with Crippen molar-refractivity contribution in [3.63, 3.8) is 0 Å². The molecule has 0 bridgehead atoms. The van der Waals surface area contributed by atoms with E-state index >= 15 is 0 Å². The lowest BCUT2D eigenvalue weighted by Gasteiger charge is -2.03. The van der Waals surface area contributed by atoms with Gasteiger partial charge in [0.1, 0.15) is 0 Å². The van der Waals surface area contributed by atoms with Gasteiger partial charge in [0.2, 0.25) is 5.91 Å². The van der Waals surface area contributed by atoms with Crippen LogP contribution >= 0.6 is 11.3 Å². The van der Waals surface area contributed by atoms with Crippen molar-refractivity contribution in [2.45, 2.75) is 33.6 Å². The highest BCUT2D eigenvalue weighted by molar-refractivity contribution is 7.15. The summed E-state index contributed by atoms with van der Waals surface area (Å²) >= 11 is 1.48. The van der Waals surface area contributed by atoms with Gasteiger partial charge >= 0.3 is 0 Å². The van der Waals surface area contributed by atoms with Crippen molar-refractivity contribution in [2.75, 3.05) is 11.9 Å². The molecule has 0 aliphatic rings. The average molecular weight is 357 g/mol. The number of anilines is 1. The molecule has 2 aromatic rings. The number of rotatable bonds is 7. The molecule has 25 heavy (non-hydrogen) atoms. The summed E-state index contributed by atoms with van der Waals surface area (Å²) in [5.41, 5.74) is 3.15.